The van der Waals surface area contributed by atoms with E-state index in [1.54, 1.807) is 0 Å². The summed E-state index contributed by atoms with van der Waals surface area (Å²) in [5.41, 5.74) is 2.79. The average Bonchev–Trinajstić information content (AvgIpc) is 2.55. The Morgan fingerprint density at radius 2 is 1.90 bits per heavy atom. The Hall–Kier alpha value is -1.71. The lowest BCUT2D eigenvalue weighted by atomic mass is 9.89. The number of aromatic nitrogens is 1. The molecule has 21 heavy (non-hydrogen) atoms. The first kappa shape index (κ1) is 14.2. The van der Waals surface area contributed by atoms with Crippen molar-refractivity contribution in [2.24, 2.45) is 0 Å². The van der Waals surface area contributed by atoms with E-state index >= 15 is 0 Å². The predicted molar refractivity (Wildman–Crippen MR) is 86.2 cm³/mol. The van der Waals surface area contributed by atoms with Crippen LogP contribution >= 0.6 is 0 Å². The van der Waals surface area contributed by atoms with Gasteiger partial charge in [-0.15, -0.1) is 0 Å². The monoisotopic (exact) mass is 281 g/mol. The maximum atomic E-state index is 4.08. The van der Waals surface area contributed by atoms with Gasteiger partial charge in [0.2, 0.25) is 0 Å². The fourth-order valence-corrected chi connectivity index (χ4v) is 3.10. The minimum atomic E-state index is 0.0533. The molecule has 1 fully saturated rings. The second-order valence-electron chi connectivity index (χ2n) is 6.01. The molecule has 110 valence electrons. The fraction of sp³-hybridized carbons (Fsp3) is 0.389. The van der Waals surface area contributed by atoms with Crippen molar-refractivity contribution in [3.8, 4) is 0 Å². The zero-order valence-electron chi connectivity index (χ0n) is 12.6. The number of nitrogens with one attached hydrogen (secondary N) is 1. The van der Waals surface area contributed by atoms with Crippen LogP contribution in [0.2, 0.25) is 0 Å². The van der Waals surface area contributed by atoms with Gasteiger partial charge in [0.15, 0.2) is 0 Å². The third-order valence-electron chi connectivity index (χ3n) is 4.36. The van der Waals surface area contributed by atoms with Crippen LogP contribution in [-0.2, 0) is 12.0 Å². The number of benzene rings is 1. The van der Waals surface area contributed by atoms with Crippen LogP contribution in [0.4, 0.5) is 0 Å². The number of hydrogen-bond acceptors (Lipinski definition) is 3. The summed E-state index contributed by atoms with van der Waals surface area (Å²) in [6, 6.07) is 15.0. The number of rotatable bonds is 4. The van der Waals surface area contributed by atoms with Gasteiger partial charge in [0, 0.05) is 38.6 Å². The molecule has 1 unspecified atom stereocenters. The van der Waals surface area contributed by atoms with Gasteiger partial charge in [0.25, 0.3) is 0 Å². The van der Waals surface area contributed by atoms with Crippen molar-refractivity contribution in [1.82, 2.24) is 15.2 Å². The van der Waals surface area contributed by atoms with Gasteiger partial charge < -0.3 is 5.32 Å². The van der Waals surface area contributed by atoms with Crippen LogP contribution in [0.5, 0.6) is 0 Å². The molecule has 1 aliphatic heterocycles. The zero-order chi connectivity index (χ0) is 14.5. The first-order chi connectivity index (χ1) is 10.3. The zero-order valence-corrected chi connectivity index (χ0v) is 12.6. The molecule has 1 aromatic heterocycles. The lowest BCUT2D eigenvalue weighted by Crippen LogP contribution is -2.56. The highest BCUT2D eigenvalue weighted by molar-refractivity contribution is 5.25. The molecule has 3 rings (SSSR count). The van der Waals surface area contributed by atoms with Crippen LogP contribution in [0.15, 0.2) is 54.9 Å². The molecule has 1 aromatic carbocycles. The molecule has 0 saturated carbocycles. The quantitative estimate of drug-likeness (QED) is 0.933. The van der Waals surface area contributed by atoms with Crippen LogP contribution in [-0.4, -0.2) is 36.1 Å². The standard InChI is InChI=1S/C18H23N3/c1-18(17-5-3-2-4-6-17)15-21(14-12-20-18)13-9-16-7-10-19-11-8-16/h2-8,10-11,20H,9,12-15H2,1H3. The topological polar surface area (TPSA) is 28.2 Å². The summed E-state index contributed by atoms with van der Waals surface area (Å²) < 4.78 is 0. The van der Waals surface area contributed by atoms with E-state index in [-0.39, 0.29) is 5.54 Å². The minimum Gasteiger partial charge on any atom is -0.305 e. The van der Waals surface area contributed by atoms with Gasteiger partial charge in [-0.25, -0.2) is 0 Å². The molecular weight excluding hydrogens is 258 g/mol. The van der Waals surface area contributed by atoms with E-state index in [9.17, 15) is 0 Å². The number of piperazine rings is 1. The van der Waals surface area contributed by atoms with E-state index < -0.39 is 0 Å². The summed E-state index contributed by atoms with van der Waals surface area (Å²) in [5.74, 6) is 0. The van der Waals surface area contributed by atoms with Crippen LogP contribution < -0.4 is 5.32 Å². The Bertz CT molecular complexity index is 555. The molecular formula is C18H23N3. The van der Waals surface area contributed by atoms with Gasteiger partial charge in [-0.05, 0) is 36.6 Å². The maximum Gasteiger partial charge on any atom is 0.0535 e. The second-order valence-corrected chi connectivity index (χ2v) is 6.01. The van der Waals surface area contributed by atoms with Crippen molar-refractivity contribution in [1.29, 1.82) is 0 Å². The van der Waals surface area contributed by atoms with Crippen LogP contribution in [0, 0.1) is 0 Å². The number of hydrogen-bond donors (Lipinski definition) is 1. The lowest BCUT2D eigenvalue weighted by molar-refractivity contribution is 0.144. The van der Waals surface area contributed by atoms with Gasteiger partial charge in [0.05, 0.1) is 5.54 Å². The molecule has 0 amide bonds. The largest absolute Gasteiger partial charge is 0.305 e. The van der Waals surface area contributed by atoms with Crippen LogP contribution in [0.1, 0.15) is 18.1 Å². The van der Waals surface area contributed by atoms with E-state index in [4.69, 9.17) is 0 Å². The van der Waals surface area contributed by atoms with E-state index in [1.807, 2.05) is 12.4 Å². The van der Waals surface area contributed by atoms with E-state index in [2.05, 4.69) is 64.6 Å². The predicted octanol–water partition coefficient (Wildman–Crippen LogP) is 2.44. The van der Waals surface area contributed by atoms with Crippen molar-refractivity contribution in [2.45, 2.75) is 18.9 Å². The Labute approximate surface area is 127 Å². The maximum absolute atomic E-state index is 4.08. The summed E-state index contributed by atoms with van der Waals surface area (Å²) in [6.45, 7) is 6.63. The molecule has 2 heterocycles. The summed E-state index contributed by atoms with van der Waals surface area (Å²) in [6.07, 6.45) is 4.84. The number of pyridine rings is 1. The molecule has 1 saturated heterocycles. The SMILES string of the molecule is CC1(c2ccccc2)CN(CCc2ccncc2)CCN1. The Morgan fingerprint density at radius 1 is 1.14 bits per heavy atom. The Balaban J connectivity index is 1.63. The van der Waals surface area contributed by atoms with Gasteiger partial charge in [-0.2, -0.15) is 0 Å². The summed E-state index contributed by atoms with van der Waals surface area (Å²) in [5, 5.41) is 3.69. The highest BCUT2D eigenvalue weighted by atomic mass is 15.2. The lowest BCUT2D eigenvalue weighted by Gasteiger charge is -2.42. The van der Waals surface area contributed by atoms with E-state index in [0.717, 1.165) is 32.6 Å². The first-order valence-corrected chi connectivity index (χ1v) is 7.68. The van der Waals surface area contributed by atoms with Gasteiger partial charge in [-0.1, -0.05) is 30.3 Å². The Morgan fingerprint density at radius 3 is 2.67 bits per heavy atom. The van der Waals surface area contributed by atoms with Crippen molar-refractivity contribution in [3.63, 3.8) is 0 Å². The summed E-state index contributed by atoms with van der Waals surface area (Å²) >= 11 is 0. The van der Waals surface area contributed by atoms with Crippen LogP contribution in [0.25, 0.3) is 0 Å². The van der Waals surface area contributed by atoms with Crippen molar-refractivity contribution in [3.05, 3.63) is 66.0 Å². The molecule has 3 heteroatoms. The van der Waals surface area contributed by atoms with Crippen molar-refractivity contribution < 1.29 is 0 Å². The molecule has 0 aliphatic carbocycles. The molecule has 1 aliphatic rings. The smallest absolute Gasteiger partial charge is 0.0535 e. The summed E-state index contributed by atoms with van der Waals surface area (Å²) in [4.78, 5) is 6.64. The molecule has 3 nitrogen and oxygen atoms in total. The average molecular weight is 281 g/mol. The minimum absolute atomic E-state index is 0.0533. The third kappa shape index (κ3) is 3.49. The van der Waals surface area contributed by atoms with Gasteiger partial charge in [0.1, 0.15) is 0 Å². The molecule has 0 radical (unpaired) electrons. The highest BCUT2D eigenvalue weighted by Gasteiger charge is 2.31. The van der Waals surface area contributed by atoms with Crippen molar-refractivity contribution >= 4 is 0 Å². The summed E-state index contributed by atoms with van der Waals surface area (Å²) in [7, 11) is 0. The van der Waals surface area contributed by atoms with E-state index in [1.165, 1.54) is 11.1 Å². The molecule has 0 spiro atoms. The van der Waals surface area contributed by atoms with Crippen molar-refractivity contribution in [2.75, 3.05) is 26.2 Å². The number of nitrogens with zero attached hydrogens (tertiary/aromatic N) is 2. The first-order valence-electron chi connectivity index (χ1n) is 7.68. The molecule has 2 aromatic rings. The normalized spacial score (nSPS) is 23.1. The second kappa shape index (κ2) is 6.37. The van der Waals surface area contributed by atoms with Gasteiger partial charge >= 0.3 is 0 Å². The third-order valence-corrected chi connectivity index (χ3v) is 4.36. The molecule has 0 bridgehead atoms. The van der Waals surface area contributed by atoms with Gasteiger partial charge in [-0.3, -0.25) is 9.88 Å². The van der Waals surface area contributed by atoms with Crippen LogP contribution in [0.3, 0.4) is 0 Å². The van der Waals surface area contributed by atoms with E-state index in [0.29, 0.717) is 0 Å². The highest BCUT2D eigenvalue weighted by Crippen LogP contribution is 2.24. The molecule has 1 N–H and O–H groups in total. The fourth-order valence-electron chi connectivity index (χ4n) is 3.10. The molecule has 1 atom stereocenters. The Kier molecular flexibility index (Phi) is 4.32.